The van der Waals surface area contributed by atoms with E-state index in [2.05, 4.69) is 15.6 Å². The predicted octanol–water partition coefficient (Wildman–Crippen LogP) is 8.38. The number of methoxy groups -OCH3 is 1. The number of nitrogens with one attached hydrogen (secondary N) is 2. The first kappa shape index (κ1) is 39.6. The number of aromatic nitrogens is 1. The van der Waals surface area contributed by atoms with Crippen molar-refractivity contribution in [1.29, 1.82) is 0 Å². The highest BCUT2D eigenvalue weighted by atomic mass is 31.2. The molecule has 0 radical (unpaired) electrons. The van der Waals surface area contributed by atoms with Crippen LogP contribution in [0.1, 0.15) is 46.5 Å². The molecule has 1 aliphatic carbocycles. The monoisotopic (exact) mass is 754 g/mol. The molecule has 4 aromatic rings. The molecule has 1 heterocycles. The third kappa shape index (κ3) is 10.1. The smallest absolute Gasteiger partial charge is 0.344 e. The zero-order chi connectivity index (χ0) is 38.0. The highest BCUT2D eigenvalue weighted by Gasteiger charge is 2.56. The molecule has 0 atom stereocenters. The van der Waals surface area contributed by atoms with Crippen LogP contribution in [0.3, 0.4) is 0 Å². The normalized spacial score (nSPS) is 13.5. The summed E-state index contributed by atoms with van der Waals surface area (Å²) >= 11 is 0. The number of hydrogen-bond acceptors (Lipinski definition) is 10. The minimum Gasteiger partial charge on any atom is -0.493 e. The van der Waals surface area contributed by atoms with Gasteiger partial charge in [0.1, 0.15) is 23.3 Å². The molecule has 0 spiro atoms. The summed E-state index contributed by atoms with van der Waals surface area (Å²) in [7, 11) is -1.72. The lowest BCUT2D eigenvalue weighted by atomic mass is 10.0. The largest absolute Gasteiger partial charge is 0.493 e. The molecule has 2 amide bonds. The van der Waals surface area contributed by atoms with Gasteiger partial charge < -0.3 is 33.9 Å². The van der Waals surface area contributed by atoms with Gasteiger partial charge in [0.15, 0.2) is 23.1 Å². The van der Waals surface area contributed by atoms with E-state index in [4.69, 9.17) is 23.3 Å². The number of rotatable bonds is 20. The van der Waals surface area contributed by atoms with Gasteiger partial charge in [0, 0.05) is 41.6 Å². The zero-order valence-electron chi connectivity index (χ0n) is 30.3. The van der Waals surface area contributed by atoms with E-state index >= 15 is 4.39 Å². The quantitative estimate of drug-likeness (QED) is 0.0514. The molecule has 3 aromatic carbocycles. The third-order valence-corrected chi connectivity index (χ3v) is 10.6. The topological polar surface area (TPSA) is 138 Å². The number of halogens is 2. The molecule has 1 saturated carbocycles. The lowest BCUT2D eigenvalue weighted by molar-refractivity contribution is -0.131. The van der Waals surface area contributed by atoms with Crippen LogP contribution in [0.4, 0.5) is 20.2 Å². The van der Waals surface area contributed by atoms with Crippen LogP contribution < -0.4 is 24.8 Å². The summed E-state index contributed by atoms with van der Waals surface area (Å²) in [5.41, 5.74) is -0.260. The highest BCUT2D eigenvalue weighted by Crippen LogP contribution is 2.49. The average Bonchev–Trinajstić information content (AvgIpc) is 3.95. The van der Waals surface area contributed by atoms with E-state index in [1.165, 1.54) is 49.7 Å². The molecule has 1 aromatic heterocycles. The molecule has 5 rings (SSSR count). The van der Waals surface area contributed by atoms with Crippen LogP contribution in [0.5, 0.6) is 23.0 Å². The van der Waals surface area contributed by atoms with Crippen molar-refractivity contribution < 1.29 is 46.2 Å². The Kier molecular flexibility index (Phi) is 13.4. The Bertz CT molecular complexity index is 1930. The number of hydrogen-bond donors (Lipinski definition) is 2. The Morgan fingerprint density at radius 2 is 1.53 bits per heavy atom. The molecule has 53 heavy (non-hydrogen) atoms. The number of amides is 2. The maximum Gasteiger partial charge on any atom is 0.344 e. The van der Waals surface area contributed by atoms with Gasteiger partial charge in [-0.25, -0.2) is 8.78 Å². The van der Waals surface area contributed by atoms with Gasteiger partial charge in [-0.2, -0.15) is 0 Å². The molecule has 15 heteroatoms. The van der Waals surface area contributed by atoms with Crippen LogP contribution in [0.2, 0.25) is 0 Å². The number of anilines is 2. The average molecular weight is 755 g/mol. The van der Waals surface area contributed by atoms with Crippen LogP contribution in [-0.4, -0.2) is 68.0 Å². The van der Waals surface area contributed by atoms with Crippen molar-refractivity contribution in [3.05, 3.63) is 78.5 Å². The van der Waals surface area contributed by atoms with E-state index in [1.807, 2.05) is 11.8 Å². The van der Waals surface area contributed by atoms with Crippen LogP contribution in [-0.2, 0) is 23.2 Å². The van der Waals surface area contributed by atoms with E-state index in [0.29, 0.717) is 79.5 Å². The summed E-state index contributed by atoms with van der Waals surface area (Å²) < 4.78 is 70.4. The number of ether oxygens (including phenoxy) is 3. The van der Waals surface area contributed by atoms with E-state index in [-0.39, 0.29) is 17.7 Å². The third-order valence-electron chi connectivity index (χ3n) is 8.56. The summed E-state index contributed by atoms with van der Waals surface area (Å²) in [5.74, 6) is -1.18. The van der Waals surface area contributed by atoms with Gasteiger partial charge >= 0.3 is 7.60 Å². The lowest BCUT2D eigenvalue weighted by Crippen LogP contribution is -2.35. The summed E-state index contributed by atoms with van der Waals surface area (Å²) in [5, 5.41) is 5.83. The number of nitrogens with zero attached hydrogens (tertiary/aromatic N) is 2. The van der Waals surface area contributed by atoms with E-state index in [0.717, 1.165) is 19.0 Å². The highest BCUT2D eigenvalue weighted by molar-refractivity contribution is 7.53. The van der Waals surface area contributed by atoms with Crippen molar-refractivity contribution in [3.8, 4) is 23.0 Å². The van der Waals surface area contributed by atoms with Crippen molar-refractivity contribution in [2.75, 3.05) is 56.9 Å². The second kappa shape index (κ2) is 17.9. The van der Waals surface area contributed by atoms with Gasteiger partial charge in [-0.15, -0.1) is 0 Å². The number of carbonyl (C=O) groups is 2. The van der Waals surface area contributed by atoms with Crippen LogP contribution >= 0.6 is 7.60 Å². The van der Waals surface area contributed by atoms with Crippen molar-refractivity contribution in [2.45, 2.75) is 46.5 Å². The van der Waals surface area contributed by atoms with Gasteiger partial charge in [-0.1, -0.05) is 6.92 Å². The minimum atomic E-state index is -3.24. The van der Waals surface area contributed by atoms with Gasteiger partial charge in [-0.05, 0) is 94.6 Å². The van der Waals surface area contributed by atoms with Gasteiger partial charge in [0.25, 0.3) is 0 Å². The molecule has 0 bridgehead atoms. The first-order valence-electron chi connectivity index (χ1n) is 17.6. The fourth-order valence-electron chi connectivity index (χ4n) is 5.78. The Hall–Kier alpha value is -4.62. The molecule has 0 unspecified atom stereocenters. The Morgan fingerprint density at radius 1 is 0.849 bits per heavy atom. The Morgan fingerprint density at radius 3 is 2.15 bits per heavy atom. The Labute approximate surface area is 307 Å². The number of pyridine rings is 1. The maximum atomic E-state index is 15.4. The molecule has 0 aliphatic heterocycles. The summed E-state index contributed by atoms with van der Waals surface area (Å²) in [6, 6.07) is 14.2. The second-order valence-electron chi connectivity index (χ2n) is 12.5. The minimum absolute atomic E-state index is 0.101. The van der Waals surface area contributed by atoms with Gasteiger partial charge in [-0.3, -0.25) is 24.0 Å². The maximum absolute atomic E-state index is 15.4. The second-order valence-corrected chi connectivity index (χ2v) is 14.5. The molecule has 2 N–H and O–H groups in total. The van der Waals surface area contributed by atoms with Crippen molar-refractivity contribution >= 4 is 41.7 Å². The number of fused-ring (bicyclic) bond motifs is 1. The van der Waals surface area contributed by atoms with Crippen molar-refractivity contribution in [2.24, 2.45) is 5.41 Å². The standard InChI is InChI=1S/C38H45F2N4O8P/c1-5-19-44(25-53(47,50-6-2)51-7-3)20-8-21-49-35-23-29-31(24-34(35)48-4)41-18-15-32(29)52-33-14-13-28(22-30(33)40)43-37(46)38(16-17-38)36(45)42-27-11-9-26(39)10-12-27/h9-15,18,22-24H,5-8,16-17,19-21,25H2,1-4H3,(H,42,45)(H,43,46). The summed E-state index contributed by atoms with van der Waals surface area (Å²) in [4.78, 5) is 32.5. The molecule has 0 saturated heterocycles. The van der Waals surface area contributed by atoms with E-state index in [9.17, 15) is 18.5 Å². The van der Waals surface area contributed by atoms with Crippen LogP contribution in [0.25, 0.3) is 10.9 Å². The molecular formula is C38H45F2N4O8P. The predicted molar refractivity (Wildman–Crippen MR) is 198 cm³/mol. The van der Waals surface area contributed by atoms with Crippen LogP contribution in [0, 0.1) is 17.0 Å². The summed E-state index contributed by atoms with van der Waals surface area (Å²) in [6.45, 7) is 7.85. The number of benzene rings is 3. The molecular weight excluding hydrogens is 709 g/mol. The summed E-state index contributed by atoms with van der Waals surface area (Å²) in [6.07, 6.45) is 3.85. The molecule has 284 valence electrons. The molecule has 1 fully saturated rings. The SMILES string of the molecule is CCCN(CCCOc1cc2c(Oc3ccc(NC(=O)C4(C(=O)Nc5ccc(F)cc5)CC4)cc3F)ccnc2cc1OC)CP(=O)(OCC)OCC. The fraction of sp³-hybridized carbons (Fsp3) is 0.395. The molecule has 12 nitrogen and oxygen atoms in total. The Balaban J connectivity index is 1.24. The van der Waals surface area contributed by atoms with Gasteiger partial charge in [0.2, 0.25) is 11.8 Å². The molecule has 1 aliphatic rings. The van der Waals surface area contributed by atoms with Gasteiger partial charge in [0.05, 0.1) is 32.4 Å². The van der Waals surface area contributed by atoms with Crippen molar-refractivity contribution in [3.63, 3.8) is 0 Å². The number of carbonyl (C=O) groups excluding carboxylic acids is 2. The lowest BCUT2D eigenvalue weighted by Gasteiger charge is -2.26. The van der Waals surface area contributed by atoms with Crippen LogP contribution in [0.15, 0.2) is 66.9 Å². The zero-order valence-corrected chi connectivity index (χ0v) is 31.2. The van der Waals surface area contributed by atoms with E-state index in [1.54, 1.807) is 32.0 Å². The van der Waals surface area contributed by atoms with Crippen molar-refractivity contribution in [1.82, 2.24) is 9.88 Å². The first-order chi connectivity index (χ1) is 25.5. The first-order valence-corrected chi connectivity index (χ1v) is 19.3. The van der Waals surface area contributed by atoms with E-state index < -0.39 is 36.5 Å². The fourth-order valence-corrected chi connectivity index (χ4v) is 7.58.